The van der Waals surface area contributed by atoms with Crippen LogP contribution in [0.5, 0.6) is 0 Å². The van der Waals surface area contributed by atoms with Gasteiger partial charge in [-0.05, 0) is 12.1 Å². The van der Waals surface area contributed by atoms with Crippen LogP contribution in [0.2, 0.25) is 0 Å². The van der Waals surface area contributed by atoms with E-state index in [9.17, 15) is 0 Å². The summed E-state index contributed by atoms with van der Waals surface area (Å²) in [7, 11) is 0. The standard InChI is InChI=1S/C6H7NO.Na.H/c8-7-6-4-2-1-3-5-6;;/h1-5,7-8H;;. The van der Waals surface area contributed by atoms with Gasteiger partial charge in [0.15, 0.2) is 0 Å². The molecule has 0 aromatic heterocycles. The van der Waals surface area contributed by atoms with Gasteiger partial charge in [-0.15, -0.1) is 0 Å². The van der Waals surface area contributed by atoms with Crippen LogP contribution in [0.3, 0.4) is 0 Å². The van der Waals surface area contributed by atoms with E-state index < -0.39 is 0 Å². The number of rotatable bonds is 1. The molecule has 9 heavy (non-hydrogen) atoms. The fourth-order valence-corrected chi connectivity index (χ4v) is 0.513. The summed E-state index contributed by atoms with van der Waals surface area (Å²) in [6.45, 7) is 0. The van der Waals surface area contributed by atoms with Gasteiger partial charge >= 0.3 is 29.6 Å². The van der Waals surface area contributed by atoms with Crippen molar-refractivity contribution in [3.05, 3.63) is 30.3 Å². The number of benzene rings is 1. The second kappa shape index (κ2) is 4.82. The van der Waals surface area contributed by atoms with Crippen molar-refractivity contribution < 1.29 is 5.21 Å². The van der Waals surface area contributed by atoms with Crippen LogP contribution in [0.15, 0.2) is 30.3 Å². The molecule has 1 rings (SSSR count). The minimum atomic E-state index is 0. The van der Waals surface area contributed by atoms with Crippen LogP contribution >= 0.6 is 0 Å². The first kappa shape index (κ1) is 8.98. The maximum atomic E-state index is 8.29. The Morgan fingerprint density at radius 2 is 1.67 bits per heavy atom. The number of hydrogen-bond acceptors (Lipinski definition) is 2. The van der Waals surface area contributed by atoms with Crippen molar-refractivity contribution in [1.82, 2.24) is 0 Å². The van der Waals surface area contributed by atoms with Gasteiger partial charge < -0.3 is 0 Å². The molecule has 0 radical (unpaired) electrons. The van der Waals surface area contributed by atoms with E-state index in [1.807, 2.05) is 23.7 Å². The SMILES string of the molecule is ONc1ccccc1.[NaH]. The molecule has 0 aliphatic heterocycles. The monoisotopic (exact) mass is 133 g/mol. The molecule has 0 saturated carbocycles. The molecule has 3 heteroatoms. The van der Waals surface area contributed by atoms with E-state index in [0.717, 1.165) is 0 Å². The first-order valence-electron chi connectivity index (χ1n) is 2.38. The maximum absolute atomic E-state index is 8.29. The summed E-state index contributed by atoms with van der Waals surface area (Å²) in [5.41, 5.74) is 2.74. The molecule has 0 unspecified atom stereocenters. The summed E-state index contributed by atoms with van der Waals surface area (Å²) in [4.78, 5) is 0. The predicted octanol–water partition coefficient (Wildman–Crippen LogP) is 0.839. The summed E-state index contributed by atoms with van der Waals surface area (Å²) in [6.07, 6.45) is 0. The van der Waals surface area contributed by atoms with Crippen molar-refractivity contribution in [3.63, 3.8) is 0 Å². The Hall–Kier alpha value is -0.0200. The van der Waals surface area contributed by atoms with Gasteiger partial charge in [0.2, 0.25) is 0 Å². The Morgan fingerprint density at radius 1 is 1.11 bits per heavy atom. The Morgan fingerprint density at radius 3 is 2.00 bits per heavy atom. The normalized spacial score (nSPS) is 7.67. The van der Waals surface area contributed by atoms with Crippen molar-refractivity contribution in [2.45, 2.75) is 0 Å². The van der Waals surface area contributed by atoms with Gasteiger partial charge in [-0.1, -0.05) is 18.2 Å². The first-order chi connectivity index (χ1) is 3.93. The van der Waals surface area contributed by atoms with Crippen molar-refractivity contribution in [2.24, 2.45) is 0 Å². The predicted molar refractivity (Wildman–Crippen MR) is 39.0 cm³/mol. The molecule has 0 atom stereocenters. The average Bonchev–Trinajstić information content (AvgIpc) is 1.90. The molecule has 0 heterocycles. The molecule has 0 bridgehead atoms. The third-order valence-electron chi connectivity index (χ3n) is 0.903. The molecule has 2 N–H and O–H groups in total. The summed E-state index contributed by atoms with van der Waals surface area (Å²) in [6, 6.07) is 9.14. The summed E-state index contributed by atoms with van der Waals surface area (Å²) in [5, 5.41) is 8.29. The molecular weight excluding hydrogens is 125 g/mol. The topological polar surface area (TPSA) is 32.3 Å². The van der Waals surface area contributed by atoms with Crippen LogP contribution in [0.4, 0.5) is 5.69 Å². The molecule has 1 aromatic rings. The van der Waals surface area contributed by atoms with Gasteiger partial charge in [0.25, 0.3) is 0 Å². The molecule has 0 aliphatic rings. The summed E-state index contributed by atoms with van der Waals surface area (Å²) < 4.78 is 0. The Bertz CT molecular complexity index is 154. The van der Waals surface area contributed by atoms with E-state index in [1.165, 1.54) is 0 Å². The van der Waals surface area contributed by atoms with Gasteiger partial charge in [-0.3, -0.25) is 10.7 Å². The van der Waals surface area contributed by atoms with E-state index in [4.69, 9.17) is 5.21 Å². The van der Waals surface area contributed by atoms with Crippen LogP contribution in [0.25, 0.3) is 0 Å². The van der Waals surface area contributed by atoms with Crippen LogP contribution in [-0.4, -0.2) is 34.8 Å². The van der Waals surface area contributed by atoms with Gasteiger partial charge in [-0.25, -0.2) is 0 Å². The molecule has 2 nitrogen and oxygen atoms in total. The summed E-state index contributed by atoms with van der Waals surface area (Å²) in [5.74, 6) is 0. The minimum absolute atomic E-state index is 0. The molecule has 0 spiro atoms. The van der Waals surface area contributed by atoms with Crippen molar-refractivity contribution in [1.29, 1.82) is 0 Å². The van der Waals surface area contributed by atoms with Crippen LogP contribution < -0.4 is 5.48 Å². The number of nitrogens with one attached hydrogen (secondary N) is 1. The molecule has 1 aromatic carbocycles. The Labute approximate surface area is 76.1 Å². The van der Waals surface area contributed by atoms with Gasteiger partial charge in [0.05, 0.1) is 5.69 Å². The molecule has 0 aliphatic carbocycles. The van der Waals surface area contributed by atoms with Crippen LogP contribution in [0, 0.1) is 0 Å². The Balaban J connectivity index is 0.000000640. The van der Waals surface area contributed by atoms with Crippen LogP contribution in [0.1, 0.15) is 0 Å². The van der Waals surface area contributed by atoms with Gasteiger partial charge in [-0.2, -0.15) is 0 Å². The van der Waals surface area contributed by atoms with Gasteiger partial charge in [0, 0.05) is 0 Å². The van der Waals surface area contributed by atoms with Crippen LogP contribution in [-0.2, 0) is 0 Å². The fourth-order valence-electron chi connectivity index (χ4n) is 0.513. The van der Waals surface area contributed by atoms with E-state index in [1.54, 1.807) is 12.1 Å². The first-order valence-corrected chi connectivity index (χ1v) is 2.38. The number of anilines is 1. The van der Waals surface area contributed by atoms with Crippen molar-refractivity contribution in [2.75, 3.05) is 5.48 Å². The second-order valence-corrected chi connectivity index (χ2v) is 1.48. The second-order valence-electron chi connectivity index (χ2n) is 1.48. The quantitative estimate of drug-likeness (QED) is 0.439. The third kappa shape index (κ3) is 2.87. The van der Waals surface area contributed by atoms with E-state index in [-0.39, 0.29) is 29.6 Å². The zero-order valence-electron chi connectivity index (χ0n) is 4.33. The zero-order chi connectivity index (χ0) is 5.82. The molecular formula is C6H8NNaO. The third-order valence-corrected chi connectivity index (χ3v) is 0.903. The molecule has 0 saturated heterocycles. The van der Waals surface area contributed by atoms with Gasteiger partial charge in [0.1, 0.15) is 0 Å². The molecule has 0 amide bonds. The van der Waals surface area contributed by atoms with Crippen molar-refractivity contribution in [3.8, 4) is 0 Å². The number of para-hydroxylation sites is 1. The average molecular weight is 133 g/mol. The molecule has 0 fully saturated rings. The van der Waals surface area contributed by atoms with E-state index in [2.05, 4.69) is 0 Å². The van der Waals surface area contributed by atoms with E-state index >= 15 is 0 Å². The van der Waals surface area contributed by atoms with E-state index in [0.29, 0.717) is 5.69 Å². The Kier molecular flexibility index (Phi) is 4.81. The number of hydrogen-bond donors (Lipinski definition) is 2. The zero-order valence-corrected chi connectivity index (χ0v) is 4.33. The summed E-state index contributed by atoms with van der Waals surface area (Å²) >= 11 is 0. The fraction of sp³-hybridized carbons (Fsp3) is 0. The van der Waals surface area contributed by atoms with Crippen molar-refractivity contribution >= 4 is 35.2 Å². The molecule has 44 valence electrons.